The van der Waals surface area contributed by atoms with Crippen molar-refractivity contribution in [1.82, 2.24) is 15.5 Å². The van der Waals surface area contributed by atoms with E-state index in [1.807, 2.05) is 13.8 Å². The molecular weight excluding hydrogens is 190 g/mol. The Morgan fingerprint density at radius 3 is 2.93 bits per heavy atom. The van der Waals surface area contributed by atoms with Crippen LogP contribution in [0.25, 0.3) is 0 Å². The van der Waals surface area contributed by atoms with Crippen molar-refractivity contribution in [1.29, 1.82) is 0 Å². The van der Waals surface area contributed by atoms with Crippen molar-refractivity contribution >= 4 is 5.91 Å². The summed E-state index contributed by atoms with van der Waals surface area (Å²) in [6.45, 7) is 10.2. The summed E-state index contributed by atoms with van der Waals surface area (Å²) in [4.78, 5) is 14.0. The van der Waals surface area contributed by atoms with Crippen LogP contribution in [0, 0.1) is 0 Å². The first kappa shape index (κ1) is 12.5. The van der Waals surface area contributed by atoms with Gasteiger partial charge in [-0.15, -0.1) is 0 Å². The summed E-state index contributed by atoms with van der Waals surface area (Å²) in [6.07, 6.45) is 0.610. The standard InChI is InChI=1S/C11H23N3O/c1-4-14-6-5-12-8-10(14)7-11(15)13-9(2)3/h9-10,12H,4-8H2,1-3H3,(H,13,15). The average Bonchev–Trinajstić information content (AvgIpc) is 2.17. The number of nitrogens with zero attached hydrogens (tertiary/aromatic N) is 1. The zero-order chi connectivity index (χ0) is 11.3. The number of hydrogen-bond donors (Lipinski definition) is 2. The molecule has 1 heterocycles. The van der Waals surface area contributed by atoms with Gasteiger partial charge in [0, 0.05) is 38.1 Å². The van der Waals surface area contributed by atoms with Crippen LogP contribution in [-0.4, -0.2) is 49.1 Å². The smallest absolute Gasteiger partial charge is 0.221 e. The molecule has 1 rings (SSSR count). The van der Waals surface area contributed by atoms with E-state index < -0.39 is 0 Å². The van der Waals surface area contributed by atoms with Crippen LogP contribution in [0.3, 0.4) is 0 Å². The van der Waals surface area contributed by atoms with Crippen LogP contribution in [0.2, 0.25) is 0 Å². The van der Waals surface area contributed by atoms with E-state index in [0.717, 1.165) is 26.2 Å². The molecule has 1 fully saturated rings. The maximum atomic E-state index is 11.6. The Labute approximate surface area is 92.4 Å². The summed E-state index contributed by atoms with van der Waals surface area (Å²) in [7, 11) is 0. The van der Waals surface area contributed by atoms with Crippen molar-refractivity contribution in [3.63, 3.8) is 0 Å². The van der Waals surface area contributed by atoms with E-state index in [0.29, 0.717) is 12.5 Å². The van der Waals surface area contributed by atoms with Crippen molar-refractivity contribution in [2.45, 2.75) is 39.3 Å². The third kappa shape index (κ3) is 4.18. The quantitative estimate of drug-likeness (QED) is 0.701. The van der Waals surface area contributed by atoms with Crippen LogP contribution in [-0.2, 0) is 4.79 Å². The Morgan fingerprint density at radius 2 is 2.33 bits per heavy atom. The lowest BCUT2D eigenvalue weighted by atomic mass is 10.1. The fraction of sp³-hybridized carbons (Fsp3) is 0.909. The summed E-state index contributed by atoms with van der Waals surface area (Å²) in [6, 6.07) is 0.603. The molecule has 0 aromatic rings. The van der Waals surface area contributed by atoms with E-state index in [9.17, 15) is 4.79 Å². The van der Waals surface area contributed by atoms with E-state index in [1.54, 1.807) is 0 Å². The highest BCUT2D eigenvalue weighted by molar-refractivity contribution is 5.76. The molecule has 0 aromatic heterocycles. The zero-order valence-electron chi connectivity index (χ0n) is 10.0. The Bertz CT molecular complexity index is 206. The first-order valence-corrected chi connectivity index (χ1v) is 5.87. The monoisotopic (exact) mass is 213 g/mol. The van der Waals surface area contributed by atoms with Gasteiger partial charge < -0.3 is 10.6 Å². The summed E-state index contributed by atoms with van der Waals surface area (Å²) in [5, 5.41) is 6.28. The molecule has 4 heteroatoms. The molecule has 0 radical (unpaired) electrons. The predicted molar refractivity (Wildman–Crippen MR) is 61.8 cm³/mol. The molecule has 2 N–H and O–H groups in total. The first-order chi connectivity index (χ1) is 7.13. The van der Waals surface area contributed by atoms with E-state index in [-0.39, 0.29) is 11.9 Å². The summed E-state index contributed by atoms with van der Waals surface area (Å²) >= 11 is 0. The third-order valence-corrected chi connectivity index (χ3v) is 2.75. The minimum absolute atomic E-state index is 0.164. The molecule has 0 saturated carbocycles. The van der Waals surface area contributed by atoms with Crippen LogP contribution in [0.1, 0.15) is 27.2 Å². The highest BCUT2D eigenvalue weighted by Crippen LogP contribution is 2.06. The number of carbonyl (C=O) groups is 1. The molecule has 88 valence electrons. The summed E-state index contributed by atoms with van der Waals surface area (Å²) in [5.74, 6) is 0.164. The lowest BCUT2D eigenvalue weighted by Gasteiger charge is -2.35. The molecule has 4 nitrogen and oxygen atoms in total. The fourth-order valence-corrected chi connectivity index (χ4v) is 2.02. The van der Waals surface area contributed by atoms with Crippen LogP contribution < -0.4 is 10.6 Å². The van der Waals surface area contributed by atoms with Crippen molar-refractivity contribution < 1.29 is 4.79 Å². The lowest BCUT2D eigenvalue weighted by molar-refractivity contribution is -0.123. The highest BCUT2D eigenvalue weighted by Gasteiger charge is 2.23. The Balaban J connectivity index is 2.37. The SMILES string of the molecule is CCN1CCNCC1CC(=O)NC(C)C. The average molecular weight is 213 g/mol. The number of hydrogen-bond acceptors (Lipinski definition) is 3. The second kappa shape index (κ2) is 6.08. The topological polar surface area (TPSA) is 44.4 Å². The minimum Gasteiger partial charge on any atom is -0.354 e. The maximum absolute atomic E-state index is 11.6. The minimum atomic E-state index is 0.164. The number of amides is 1. The van der Waals surface area contributed by atoms with Crippen molar-refractivity contribution in [2.75, 3.05) is 26.2 Å². The normalized spacial score (nSPS) is 23.1. The van der Waals surface area contributed by atoms with Gasteiger partial charge in [-0.1, -0.05) is 6.92 Å². The highest BCUT2D eigenvalue weighted by atomic mass is 16.1. The number of rotatable bonds is 4. The molecule has 0 bridgehead atoms. The largest absolute Gasteiger partial charge is 0.354 e. The molecule has 1 unspecified atom stereocenters. The molecule has 1 atom stereocenters. The fourth-order valence-electron chi connectivity index (χ4n) is 2.02. The van der Waals surface area contributed by atoms with Crippen LogP contribution in [0.4, 0.5) is 0 Å². The predicted octanol–water partition coefficient (Wildman–Crippen LogP) is 0.195. The molecule has 1 aliphatic rings. The van der Waals surface area contributed by atoms with E-state index in [1.165, 1.54) is 0 Å². The van der Waals surface area contributed by atoms with Gasteiger partial charge in [0.05, 0.1) is 0 Å². The van der Waals surface area contributed by atoms with Gasteiger partial charge in [0.25, 0.3) is 0 Å². The van der Waals surface area contributed by atoms with E-state index in [4.69, 9.17) is 0 Å². The molecule has 1 amide bonds. The van der Waals surface area contributed by atoms with Gasteiger partial charge >= 0.3 is 0 Å². The summed E-state index contributed by atoms with van der Waals surface area (Å²) < 4.78 is 0. The molecule has 0 aromatic carbocycles. The second-order valence-electron chi connectivity index (χ2n) is 4.41. The van der Waals surface area contributed by atoms with Gasteiger partial charge in [0.2, 0.25) is 5.91 Å². The van der Waals surface area contributed by atoms with Crippen molar-refractivity contribution in [3.8, 4) is 0 Å². The van der Waals surface area contributed by atoms with Crippen molar-refractivity contribution in [2.24, 2.45) is 0 Å². The Hall–Kier alpha value is -0.610. The van der Waals surface area contributed by atoms with Gasteiger partial charge in [-0.3, -0.25) is 9.69 Å². The third-order valence-electron chi connectivity index (χ3n) is 2.75. The Morgan fingerprint density at radius 1 is 1.60 bits per heavy atom. The molecule has 0 aliphatic carbocycles. The van der Waals surface area contributed by atoms with Crippen molar-refractivity contribution in [3.05, 3.63) is 0 Å². The molecule has 1 aliphatic heterocycles. The van der Waals surface area contributed by atoms with Crippen LogP contribution in [0.5, 0.6) is 0 Å². The van der Waals surface area contributed by atoms with Crippen LogP contribution >= 0.6 is 0 Å². The molecular formula is C11H23N3O. The number of likely N-dealkylation sites (N-methyl/N-ethyl adjacent to an activating group) is 1. The van der Waals surface area contributed by atoms with Gasteiger partial charge in [0.15, 0.2) is 0 Å². The van der Waals surface area contributed by atoms with E-state index in [2.05, 4.69) is 22.5 Å². The van der Waals surface area contributed by atoms with Crippen LogP contribution in [0.15, 0.2) is 0 Å². The maximum Gasteiger partial charge on any atom is 0.221 e. The first-order valence-electron chi connectivity index (χ1n) is 5.87. The van der Waals surface area contributed by atoms with Gasteiger partial charge in [-0.2, -0.15) is 0 Å². The number of nitrogens with one attached hydrogen (secondary N) is 2. The molecule has 0 spiro atoms. The Kier molecular flexibility index (Phi) is 5.05. The van der Waals surface area contributed by atoms with Gasteiger partial charge in [-0.05, 0) is 20.4 Å². The lowest BCUT2D eigenvalue weighted by Crippen LogP contribution is -2.52. The number of carbonyl (C=O) groups excluding carboxylic acids is 1. The number of piperazine rings is 1. The van der Waals surface area contributed by atoms with E-state index >= 15 is 0 Å². The zero-order valence-corrected chi connectivity index (χ0v) is 10.0. The summed E-state index contributed by atoms with van der Waals surface area (Å²) in [5.41, 5.74) is 0. The second-order valence-corrected chi connectivity index (χ2v) is 4.41. The van der Waals surface area contributed by atoms with Gasteiger partial charge in [0.1, 0.15) is 0 Å². The van der Waals surface area contributed by atoms with Gasteiger partial charge in [-0.25, -0.2) is 0 Å². The molecule has 15 heavy (non-hydrogen) atoms. The molecule has 1 saturated heterocycles.